The summed E-state index contributed by atoms with van der Waals surface area (Å²) < 4.78 is 5.61. The van der Waals surface area contributed by atoms with E-state index in [0.717, 1.165) is 5.56 Å². The standard InChI is InChI=1S/C13H11ClO2/c14-11-4-2-6-13(8-11)16-12-5-1-3-10(7-12)9-15/h1-8,15H,9H2. The van der Waals surface area contributed by atoms with Crippen LogP contribution in [0.4, 0.5) is 0 Å². The average Bonchev–Trinajstić information content (AvgIpc) is 2.29. The summed E-state index contributed by atoms with van der Waals surface area (Å²) in [4.78, 5) is 0. The molecule has 0 amide bonds. The molecule has 0 aliphatic carbocycles. The Morgan fingerprint density at radius 2 is 1.69 bits per heavy atom. The Kier molecular flexibility index (Phi) is 3.44. The number of halogens is 1. The Bertz CT molecular complexity index is 483. The molecule has 2 aromatic rings. The monoisotopic (exact) mass is 234 g/mol. The summed E-state index contributed by atoms with van der Waals surface area (Å²) in [6.07, 6.45) is 0. The van der Waals surface area contributed by atoms with E-state index < -0.39 is 0 Å². The molecule has 0 bridgehead atoms. The molecule has 2 aromatic carbocycles. The second kappa shape index (κ2) is 5.01. The second-order valence-electron chi connectivity index (χ2n) is 3.36. The average molecular weight is 235 g/mol. The lowest BCUT2D eigenvalue weighted by molar-refractivity contribution is 0.281. The van der Waals surface area contributed by atoms with Crippen molar-refractivity contribution in [2.45, 2.75) is 6.61 Å². The molecule has 3 heteroatoms. The zero-order valence-electron chi connectivity index (χ0n) is 8.56. The third-order valence-electron chi connectivity index (χ3n) is 2.11. The van der Waals surface area contributed by atoms with Gasteiger partial charge in [-0.15, -0.1) is 0 Å². The van der Waals surface area contributed by atoms with Crippen molar-refractivity contribution in [2.75, 3.05) is 0 Å². The molecule has 2 nitrogen and oxygen atoms in total. The number of rotatable bonds is 3. The van der Waals surface area contributed by atoms with Gasteiger partial charge >= 0.3 is 0 Å². The van der Waals surface area contributed by atoms with Gasteiger partial charge in [0.1, 0.15) is 11.5 Å². The van der Waals surface area contributed by atoms with Crippen LogP contribution in [0.3, 0.4) is 0 Å². The lowest BCUT2D eigenvalue weighted by atomic mass is 10.2. The summed E-state index contributed by atoms with van der Waals surface area (Å²) in [6, 6.07) is 14.5. The minimum absolute atomic E-state index is 0.00669. The van der Waals surface area contributed by atoms with Crippen LogP contribution in [0.1, 0.15) is 5.56 Å². The number of hydrogen-bond donors (Lipinski definition) is 1. The summed E-state index contributed by atoms with van der Waals surface area (Å²) in [7, 11) is 0. The minimum Gasteiger partial charge on any atom is -0.457 e. The van der Waals surface area contributed by atoms with Crippen LogP contribution in [-0.2, 0) is 6.61 Å². The van der Waals surface area contributed by atoms with Crippen molar-refractivity contribution in [3.05, 3.63) is 59.1 Å². The molecule has 0 fully saturated rings. The molecule has 1 N–H and O–H groups in total. The van der Waals surface area contributed by atoms with Crippen LogP contribution in [0.15, 0.2) is 48.5 Å². The summed E-state index contributed by atoms with van der Waals surface area (Å²) >= 11 is 5.85. The van der Waals surface area contributed by atoms with Gasteiger partial charge in [0, 0.05) is 5.02 Å². The first-order chi connectivity index (χ1) is 7.78. The zero-order valence-corrected chi connectivity index (χ0v) is 9.32. The molecule has 0 spiro atoms. The topological polar surface area (TPSA) is 29.5 Å². The van der Waals surface area contributed by atoms with Crippen molar-refractivity contribution in [3.8, 4) is 11.5 Å². The van der Waals surface area contributed by atoms with Gasteiger partial charge in [0.05, 0.1) is 6.61 Å². The fourth-order valence-corrected chi connectivity index (χ4v) is 1.55. The van der Waals surface area contributed by atoms with Gasteiger partial charge in [0.2, 0.25) is 0 Å². The van der Waals surface area contributed by atoms with E-state index in [1.807, 2.05) is 30.3 Å². The van der Waals surface area contributed by atoms with Crippen LogP contribution in [0.25, 0.3) is 0 Å². The van der Waals surface area contributed by atoms with Gasteiger partial charge in [-0.3, -0.25) is 0 Å². The van der Waals surface area contributed by atoms with Crippen LogP contribution in [-0.4, -0.2) is 5.11 Å². The molecular formula is C13H11ClO2. The van der Waals surface area contributed by atoms with E-state index in [-0.39, 0.29) is 6.61 Å². The molecule has 0 heterocycles. The quantitative estimate of drug-likeness (QED) is 0.879. The lowest BCUT2D eigenvalue weighted by Gasteiger charge is -2.06. The van der Waals surface area contributed by atoms with Gasteiger partial charge in [0.15, 0.2) is 0 Å². The summed E-state index contributed by atoms with van der Waals surface area (Å²) in [5.41, 5.74) is 0.819. The van der Waals surface area contributed by atoms with E-state index in [9.17, 15) is 0 Å². The maximum absolute atomic E-state index is 9.00. The van der Waals surface area contributed by atoms with Gasteiger partial charge in [0.25, 0.3) is 0 Å². The van der Waals surface area contributed by atoms with Crippen molar-refractivity contribution in [2.24, 2.45) is 0 Å². The SMILES string of the molecule is OCc1cccc(Oc2cccc(Cl)c2)c1. The van der Waals surface area contributed by atoms with E-state index in [2.05, 4.69) is 0 Å². The smallest absolute Gasteiger partial charge is 0.128 e. The van der Waals surface area contributed by atoms with Crippen molar-refractivity contribution in [1.29, 1.82) is 0 Å². The molecule has 0 radical (unpaired) electrons. The highest BCUT2D eigenvalue weighted by molar-refractivity contribution is 6.30. The lowest BCUT2D eigenvalue weighted by Crippen LogP contribution is -1.87. The highest BCUT2D eigenvalue weighted by Crippen LogP contribution is 2.24. The molecule has 0 aromatic heterocycles. The van der Waals surface area contributed by atoms with E-state index in [1.54, 1.807) is 18.2 Å². The third kappa shape index (κ3) is 2.75. The first-order valence-electron chi connectivity index (χ1n) is 4.91. The van der Waals surface area contributed by atoms with Crippen molar-refractivity contribution >= 4 is 11.6 Å². The van der Waals surface area contributed by atoms with Crippen LogP contribution in [0.2, 0.25) is 5.02 Å². The number of aliphatic hydroxyl groups is 1. The first kappa shape index (κ1) is 11.0. The molecule has 0 saturated carbocycles. The molecule has 0 saturated heterocycles. The molecule has 0 aliphatic heterocycles. The molecule has 16 heavy (non-hydrogen) atoms. The Morgan fingerprint density at radius 1 is 1.00 bits per heavy atom. The summed E-state index contributed by atoms with van der Waals surface area (Å²) in [5, 5.41) is 9.63. The minimum atomic E-state index is 0.00669. The fourth-order valence-electron chi connectivity index (χ4n) is 1.37. The molecule has 0 atom stereocenters. The molecule has 2 rings (SSSR count). The van der Waals surface area contributed by atoms with Gasteiger partial charge in [-0.25, -0.2) is 0 Å². The normalized spacial score (nSPS) is 10.1. The fraction of sp³-hybridized carbons (Fsp3) is 0.0769. The van der Waals surface area contributed by atoms with E-state index in [4.69, 9.17) is 21.4 Å². The maximum atomic E-state index is 9.00. The summed E-state index contributed by atoms with van der Waals surface area (Å²) in [5.74, 6) is 1.37. The van der Waals surface area contributed by atoms with Crippen LogP contribution >= 0.6 is 11.6 Å². The predicted molar refractivity (Wildman–Crippen MR) is 63.9 cm³/mol. The Labute approximate surface area is 99.1 Å². The number of ether oxygens (including phenoxy) is 1. The van der Waals surface area contributed by atoms with Crippen LogP contribution in [0, 0.1) is 0 Å². The second-order valence-corrected chi connectivity index (χ2v) is 3.80. The highest BCUT2D eigenvalue weighted by atomic mass is 35.5. The van der Waals surface area contributed by atoms with Gasteiger partial charge in [-0.05, 0) is 35.9 Å². The third-order valence-corrected chi connectivity index (χ3v) is 2.35. The number of aliphatic hydroxyl groups excluding tert-OH is 1. The Morgan fingerprint density at radius 3 is 2.38 bits per heavy atom. The van der Waals surface area contributed by atoms with Gasteiger partial charge < -0.3 is 9.84 Å². The highest BCUT2D eigenvalue weighted by Gasteiger charge is 1.99. The van der Waals surface area contributed by atoms with E-state index in [0.29, 0.717) is 16.5 Å². The summed E-state index contributed by atoms with van der Waals surface area (Å²) in [6.45, 7) is 0.00669. The number of hydrogen-bond acceptors (Lipinski definition) is 2. The van der Waals surface area contributed by atoms with Gasteiger partial charge in [-0.1, -0.05) is 29.8 Å². The first-order valence-corrected chi connectivity index (χ1v) is 5.29. The maximum Gasteiger partial charge on any atom is 0.128 e. The predicted octanol–water partition coefficient (Wildman–Crippen LogP) is 3.62. The van der Waals surface area contributed by atoms with E-state index in [1.165, 1.54) is 0 Å². The van der Waals surface area contributed by atoms with Crippen molar-refractivity contribution < 1.29 is 9.84 Å². The van der Waals surface area contributed by atoms with Crippen LogP contribution < -0.4 is 4.74 Å². The molecule has 0 aliphatic rings. The Hall–Kier alpha value is -1.51. The molecular weight excluding hydrogens is 224 g/mol. The van der Waals surface area contributed by atoms with Gasteiger partial charge in [-0.2, -0.15) is 0 Å². The molecule has 0 unspecified atom stereocenters. The molecule has 82 valence electrons. The van der Waals surface area contributed by atoms with E-state index >= 15 is 0 Å². The van der Waals surface area contributed by atoms with Crippen LogP contribution in [0.5, 0.6) is 11.5 Å². The zero-order chi connectivity index (χ0) is 11.4. The van der Waals surface area contributed by atoms with Crippen molar-refractivity contribution in [1.82, 2.24) is 0 Å². The van der Waals surface area contributed by atoms with Crippen molar-refractivity contribution in [3.63, 3.8) is 0 Å². The Balaban J connectivity index is 2.20. The number of benzene rings is 2. The largest absolute Gasteiger partial charge is 0.457 e.